The van der Waals surface area contributed by atoms with Gasteiger partial charge in [-0.2, -0.15) is 0 Å². The van der Waals surface area contributed by atoms with Crippen molar-refractivity contribution in [2.45, 2.75) is 19.6 Å². The Bertz CT molecular complexity index is 823. The Morgan fingerprint density at radius 1 is 0.704 bits per heavy atom. The van der Waals surface area contributed by atoms with Crippen molar-refractivity contribution in [3.8, 4) is 0 Å². The number of carbonyl (C=O) groups is 2. The first-order valence-corrected chi connectivity index (χ1v) is 11.1. The predicted molar refractivity (Wildman–Crippen MR) is 119 cm³/mol. The van der Waals surface area contributed by atoms with Crippen molar-refractivity contribution >= 4 is 91.9 Å². The molecule has 0 saturated heterocycles. The van der Waals surface area contributed by atoms with E-state index in [-0.39, 0.29) is 10.2 Å². The van der Waals surface area contributed by atoms with Crippen LogP contribution in [0.5, 0.6) is 0 Å². The first kappa shape index (κ1) is 22.8. The number of benzene rings is 2. The fourth-order valence-corrected chi connectivity index (χ4v) is 5.68. The average molecular weight is 496 g/mol. The Balaban J connectivity index is 2.29. The van der Waals surface area contributed by atoms with E-state index in [9.17, 15) is 9.59 Å². The molecule has 9 heteroatoms. The van der Waals surface area contributed by atoms with E-state index < -0.39 is 0 Å². The maximum atomic E-state index is 11.5. The van der Waals surface area contributed by atoms with Crippen LogP contribution in [0.1, 0.15) is 0 Å². The molecular weight excluding hydrogens is 486 g/mol. The van der Waals surface area contributed by atoms with Crippen molar-refractivity contribution in [3.63, 3.8) is 0 Å². The fraction of sp³-hybridized carbons (Fsp3) is 0. The highest BCUT2D eigenvalue weighted by molar-refractivity contribution is 8.14. The normalized spacial score (nSPS) is 10.5. The van der Waals surface area contributed by atoms with Gasteiger partial charge in [-0.1, -0.05) is 71.3 Å². The summed E-state index contributed by atoms with van der Waals surface area (Å²) >= 11 is 28.2. The van der Waals surface area contributed by atoms with E-state index in [2.05, 4.69) is 13.2 Å². The van der Waals surface area contributed by atoms with Crippen LogP contribution < -0.4 is 0 Å². The summed E-state index contributed by atoms with van der Waals surface area (Å²) in [6.45, 7) is 6.84. The third-order valence-electron chi connectivity index (χ3n) is 2.92. The molecule has 0 N–H and O–H groups in total. The van der Waals surface area contributed by atoms with Gasteiger partial charge >= 0.3 is 0 Å². The number of rotatable bonds is 6. The molecule has 0 unspecified atom stereocenters. The molecule has 0 heterocycles. The van der Waals surface area contributed by atoms with E-state index in [1.54, 1.807) is 24.3 Å². The van der Waals surface area contributed by atoms with E-state index in [4.69, 9.17) is 46.4 Å². The molecule has 0 amide bonds. The van der Waals surface area contributed by atoms with Gasteiger partial charge < -0.3 is 0 Å². The van der Waals surface area contributed by atoms with Gasteiger partial charge in [0.15, 0.2) is 0 Å². The van der Waals surface area contributed by atoms with Crippen LogP contribution in [0.25, 0.3) is 0 Å². The second-order valence-corrected chi connectivity index (χ2v) is 9.59. The van der Waals surface area contributed by atoms with Crippen LogP contribution in [-0.4, -0.2) is 10.2 Å². The number of thioether (sulfide) groups is 2. The largest absolute Gasteiger partial charge is 0.282 e. The lowest BCUT2D eigenvalue weighted by Crippen LogP contribution is -1.88. The Labute approximate surface area is 189 Å². The van der Waals surface area contributed by atoms with Crippen LogP contribution in [-0.2, 0) is 9.59 Å². The minimum Gasteiger partial charge on any atom is -0.282 e. The van der Waals surface area contributed by atoms with E-state index in [1.807, 2.05) is 0 Å². The molecule has 2 aromatic carbocycles. The highest BCUT2D eigenvalue weighted by Crippen LogP contribution is 2.43. The summed E-state index contributed by atoms with van der Waals surface area (Å²) in [5, 5.41) is 0.912. The predicted octanol–water partition coefficient (Wildman–Crippen LogP) is 8.06. The second-order valence-electron chi connectivity index (χ2n) is 4.78. The molecule has 27 heavy (non-hydrogen) atoms. The minimum absolute atomic E-state index is 0.250. The Hall–Kier alpha value is -0.530. The van der Waals surface area contributed by atoms with E-state index >= 15 is 0 Å². The van der Waals surface area contributed by atoms with Gasteiger partial charge in [0.1, 0.15) is 0 Å². The summed E-state index contributed by atoms with van der Waals surface area (Å²) in [6, 6.07) is 6.79. The average Bonchev–Trinajstić information content (AvgIpc) is 2.60. The van der Waals surface area contributed by atoms with Gasteiger partial charge in [0, 0.05) is 9.79 Å². The summed E-state index contributed by atoms with van der Waals surface area (Å²) in [7, 11) is 0. The highest BCUT2D eigenvalue weighted by atomic mass is 35.5. The molecule has 2 nitrogen and oxygen atoms in total. The molecule has 0 saturated carbocycles. The van der Waals surface area contributed by atoms with Crippen LogP contribution in [0.4, 0.5) is 0 Å². The molecule has 0 atom stereocenters. The molecule has 0 radical (unpaired) electrons. The lowest BCUT2D eigenvalue weighted by Gasteiger charge is -2.10. The van der Waals surface area contributed by atoms with E-state index in [1.165, 1.54) is 23.9 Å². The van der Waals surface area contributed by atoms with Gasteiger partial charge in [-0.3, -0.25) is 9.59 Å². The van der Waals surface area contributed by atoms with Crippen LogP contribution in [0.15, 0.2) is 69.2 Å². The molecule has 0 aromatic heterocycles. The van der Waals surface area contributed by atoms with Crippen molar-refractivity contribution in [2.75, 3.05) is 0 Å². The lowest BCUT2D eigenvalue weighted by molar-refractivity contribution is -0.107. The molecule has 0 aliphatic carbocycles. The van der Waals surface area contributed by atoms with Crippen molar-refractivity contribution in [2.24, 2.45) is 0 Å². The van der Waals surface area contributed by atoms with Gasteiger partial charge in [-0.15, -0.1) is 0 Å². The second kappa shape index (κ2) is 10.3. The quantitative estimate of drug-likeness (QED) is 0.299. The minimum atomic E-state index is -0.250. The van der Waals surface area contributed by atoms with Crippen molar-refractivity contribution in [1.29, 1.82) is 0 Å². The zero-order chi connectivity index (χ0) is 20.1. The molecule has 0 fully saturated rings. The Morgan fingerprint density at radius 2 is 1.00 bits per heavy atom. The van der Waals surface area contributed by atoms with Gasteiger partial charge in [-0.25, -0.2) is 0 Å². The molecule has 0 aliphatic rings. The van der Waals surface area contributed by atoms with Crippen molar-refractivity contribution in [1.82, 2.24) is 0 Å². The van der Waals surface area contributed by atoms with Gasteiger partial charge in [0.25, 0.3) is 0 Å². The standard InChI is InChI=1S/C18H10Cl4O2S3/c1-3-15(23)26-17-11(19)5-9(6-12(17)20)25-10-7-13(21)18(14(22)8-10)27-16(24)4-2/h3-8H,1-2H2. The summed E-state index contributed by atoms with van der Waals surface area (Å²) in [6.07, 6.45) is 2.39. The van der Waals surface area contributed by atoms with E-state index in [0.29, 0.717) is 29.9 Å². The van der Waals surface area contributed by atoms with Crippen LogP contribution >= 0.6 is 81.7 Å². The molecule has 140 valence electrons. The molecule has 0 bridgehead atoms. The topological polar surface area (TPSA) is 34.1 Å². The number of halogens is 4. The molecular formula is C18H10Cl4O2S3. The third-order valence-corrected chi connectivity index (χ3v) is 7.52. The van der Waals surface area contributed by atoms with Crippen LogP contribution in [0.3, 0.4) is 0 Å². The van der Waals surface area contributed by atoms with Crippen LogP contribution in [0, 0.1) is 0 Å². The highest BCUT2D eigenvalue weighted by Gasteiger charge is 2.15. The van der Waals surface area contributed by atoms with Crippen LogP contribution in [0.2, 0.25) is 20.1 Å². The SMILES string of the molecule is C=CC(=O)Sc1c(Cl)cc(Sc2cc(Cl)c(SC(=O)C=C)c(Cl)c2)cc1Cl. The molecule has 0 spiro atoms. The summed E-state index contributed by atoms with van der Waals surface area (Å²) in [5.41, 5.74) is 0. The monoisotopic (exact) mass is 494 g/mol. The zero-order valence-electron chi connectivity index (χ0n) is 13.4. The number of hydrogen-bond donors (Lipinski definition) is 0. The third kappa shape index (κ3) is 6.23. The molecule has 0 aliphatic heterocycles. The zero-order valence-corrected chi connectivity index (χ0v) is 18.9. The van der Waals surface area contributed by atoms with E-state index in [0.717, 1.165) is 33.3 Å². The van der Waals surface area contributed by atoms with Crippen molar-refractivity contribution in [3.05, 3.63) is 69.7 Å². The summed E-state index contributed by atoms with van der Waals surface area (Å²) in [4.78, 5) is 25.5. The fourth-order valence-electron chi connectivity index (χ4n) is 1.81. The number of hydrogen-bond acceptors (Lipinski definition) is 5. The maximum Gasteiger partial charge on any atom is 0.216 e. The first-order chi connectivity index (χ1) is 12.7. The van der Waals surface area contributed by atoms with Gasteiger partial charge in [0.05, 0.1) is 29.9 Å². The maximum absolute atomic E-state index is 11.5. The Kier molecular flexibility index (Phi) is 8.69. The van der Waals surface area contributed by atoms with Gasteiger partial charge in [0.2, 0.25) is 10.2 Å². The summed E-state index contributed by atoms with van der Waals surface area (Å²) < 4.78 is 0. The Morgan fingerprint density at radius 3 is 1.26 bits per heavy atom. The summed E-state index contributed by atoms with van der Waals surface area (Å²) in [5.74, 6) is 0. The number of carbonyl (C=O) groups excluding carboxylic acids is 2. The first-order valence-electron chi connectivity index (χ1n) is 7.09. The smallest absolute Gasteiger partial charge is 0.216 e. The molecule has 2 aromatic rings. The van der Waals surface area contributed by atoms with Gasteiger partial charge in [-0.05, 0) is 59.9 Å². The van der Waals surface area contributed by atoms with Crippen molar-refractivity contribution < 1.29 is 9.59 Å². The molecule has 2 rings (SSSR count). The lowest BCUT2D eigenvalue weighted by atomic mass is 10.3.